The van der Waals surface area contributed by atoms with Gasteiger partial charge in [0, 0.05) is 25.1 Å². The number of aromatic nitrogens is 4. The topological polar surface area (TPSA) is 95.9 Å². The maximum Gasteiger partial charge on any atom is 0.222 e. The lowest BCUT2D eigenvalue weighted by Crippen LogP contribution is -2.05. The number of aldehydes is 1. The van der Waals surface area contributed by atoms with E-state index in [1.165, 1.54) is 0 Å². The summed E-state index contributed by atoms with van der Waals surface area (Å²) in [6.07, 6.45) is 1.35. The SMILES string of the molecule is Cn1nc(-c2cc(Cl)nc(N)n2)c(Cc2ccccc2)c1COCC=O. The Morgan fingerprint density at radius 2 is 2.04 bits per heavy atom. The predicted octanol–water partition coefficient (Wildman–Crippen LogP) is 2.42. The van der Waals surface area contributed by atoms with Crippen LogP contribution in [0.5, 0.6) is 0 Å². The van der Waals surface area contributed by atoms with Gasteiger partial charge < -0.3 is 15.3 Å². The minimum Gasteiger partial charge on any atom is -0.368 e. The number of ether oxygens (including phenoxy) is 1. The van der Waals surface area contributed by atoms with Crippen molar-refractivity contribution in [2.24, 2.45) is 7.05 Å². The molecule has 0 spiro atoms. The molecule has 1 aromatic carbocycles. The zero-order chi connectivity index (χ0) is 18.5. The van der Waals surface area contributed by atoms with Gasteiger partial charge in [-0.15, -0.1) is 0 Å². The molecule has 0 unspecified atom stereocenters. The molecule has 0 fully saturated rings. The number of nitrogens with zero attached hydrogens (tertiary/aromatic N) is 4. The molecule has 3 aromatic rings. The summed E-state index contributed by atoms with van der Waals surface area (Å²) < 4.78 is 7.14. The molecular formula is C18H18ClN5O2. The van der Waals surface area contributed by atoms with Crippen LogP contribution < -0.4 is 5.73 Å². The van der Waals surface area contributed by atoms with Crippen molar-refractivity contribution >= 4 is 23.8 Å². The number of halogens is 1. The van der Waals surface area contributed by atoms with Gasteiger partial charge in [-0.25, -0.2) is 9.97 Å². The molecule has 0 atom stereocenters. The van der Waals surface area contributed by atoms with Gasteiger partial charge in [-0.2, -0.15) is 5.10 Å². The van der Waals surface area contributed by atoms with E-state index < -0.39 is 0 Å². The lowest BCUT2D eigenvalue weighted by atomic mass is 10.0. The molecular weight excluding hydrogens is 354 g/mol. The highest BCUT2D eigenvalue weighted by Gasteiger charge is 2.20. The van der Waals surface area contributed by atoms with E-state index in [-0.39, 0.29) is 24.3 Å². The van der Waals surface area contributed by atoms with E-state index in [1.807, 2.05) is 37.4 Å². The van der Waals surface area contributed by atoms with Crippen molar-refractivity contribution in [2.45, 2.75) is 13.0 Å². The van der Waals surface area contributed by atoms with Crippen molar-refractivity contribution < 1.29 is 9.53 Å². The number of carbonyl (C=O) groups excluding carboxylic acids is 1. The Hall–Kier alpha value is -2.77. The molecule has 0 radical (unpaired) electrons. The normalized spacial score (nSPS) is 10.8. The van der Waals surface area contributed by atoms with E-state index in [4.69, 9.17) is 22.1 Å². The molecule has 2 heterocycles. The number of anilines is 1. The van der Waals surface area contributed by atoms with Gasteiger partial charge in [-0.1, -0.05) is 41.9 Å². The molecule has 0 saturated carbocycles. The molecule has 0 saturated heterocycles. The van der Waals surface area contributed by atoms with Gasteiger partial charge in [0.25, 0.3) is 0 Å². The number of benzene rings is 1. The summed E-state index contributed by atoms with van der Waals surface area (Å²) in [5, 5.41) is 4.83. The number of hydrogen-bond acceptors (Lipinski definition) is 6. The van der Waals surface area contributed by atoms with E-state index >= 15 is 0 Å². The van der Waals surface area contributed by atoms with Crippen molar-refractivity contribution in [1.82, 2.24) is 19.7 Å². The summed E-state index contributed by atoms with van der Waals surface area (Å²) in [7, 11) is 1.82. The second kappa shape index (κ2) is 8.07. The van der Waals surface area contributed by atoms with E-state index in [2.05, 4.69) is 15.1 Å². The van der Waals surface area contributed by atoms with Crippen LogP contribution in [0.3, 0.4) is 0 Å². The largest absolute Gasteiger partial charge is 0.368 e. The molecule has 0 aliphatic carbocycles. The Kier molecular flexibility index (Phi) is 5.60. The highest BCUT2D eigenvalue weighted by Crippen LogP contribution is 2.28. The fourth-order valence-electron chi connectivity index (χ4n) is 2.74. The standard InChI is InChI=1S/C18H18ClN5O2/c1-24-15(11-26-8-7-25)13(9-12-5-3-2-4-6-12)17(23-24)14-10-16(19)22-18(20)21-14/h2-7,10H,8-9,11H2,1H3,(H2,20,21,22). The van der Waals surface area contributed by atoms with Gasteiger partial charge in [-0.05, 0) is 5.56 Å². The lowest BCUT2D eigenvalue weighted by Gasteiger charge is -2.08. The fourth-order valence-corrected chi connectivity index (χ4v) is 2.92. The van der Waals surface area contributed by atoms with Gasteiger partial charge in [0.2, 0.25) is 5.95 Å². The number of aryl methyl sites for hydroxylation is 1. The first-order chi connectivity index (χ1) is 12.6. The molecule has 26 heavy (non-hydrogen) atoms. The maximum absolute atomic E-state index is 10.6. The first-order valence-electron chi connectivity index (χ1n) is 7.99. The quantitative estimate of drug-likeness (QED) is 0.389. The number of nitrogen functional groups attached to an aromatic ring is 1. The number of rotatable bonds is 7. The van der Waals surface area contributed by atoms with Crippen LogP contribution in [0.15, 0.2) is 36.4 Å². The van der Waals surface area contributed by atoms with Crippen LogP contribution >= 0.6 is 11.6 Å². The molecule has 7 nitrogen and oxygen atoms in total. The summed E-state index contributed by atoms with van der Waals surface area (Å²) in [5.74, 6) is 0.0857. The molecule has 2 N–H and O–H groups in total. The summed E-state index contributed by atoms with van der Waals surface area (Å²) in [6, 6.07) is 11.6. The molecule has 2 aromatic heterocycles. The van der Waals surface area contributed by atoms with Crippen LogP contribution in [-0.4, -0.2) is 32.6 Å². The van der Waals surface area contributed by atoms with Crippen molar-refractivity contribution in [3.8, 4) is 11.4 Å². The van der Waals surface area contributed by atoms with Gasteiger partial charge >= 0.3 is 0 Å². The van der Waals surface area contributed by atoms with E-state index in [0.29, 0.717) is 17.8 Å². The Balaban J connectivity index is 2.07. The molecule has 0 aliphatic heterocycles. The van der Waals surface area contributed by atoms with Crippen LogP contribution in [0.4, 0.5) is 5.95 Å². The van der Waals surface area contributed by atoms with Crippen LogP contribution in [0.2, 0.25) is 5.15 Å². The lowest BCUT2D eigenvalue weighted by molar-refractivity contribution is -0.112. The third kappa shape index (κ3) is 4.07. The first-order valence-corrected chi connectivity index (χ1v) is 8.36. The van der Waals surface area contributed by atoms with Crippen molar-refractivity contribution in [3.63, 3.8) is 0 Å². The monoisotopic (exact) mass is 371 g/mol. The van der Waals surface area contributed by atoms with Crippen LogP contribution in [-0.2, 0) is 29.6 Å². The zero-order valence-electron chi connectivity index (χ0n) is 14.2. The van der Waals surface area contributed by atoms with Crippen LogP contribution in [0.25, 0.3) is 11.4 Å². The smallest absolute Gasteiger partial charge is 0.222 e. The van der Waals surface area contributed by atoms with Gasteiger partial charge in [0.1, 0.15) is 23.7 Å². The Bertz CT molecular complexity index is 891. The average molecular weight is 372 g/mol. The van der Waals surface area contributed by atoms with Gasteiger partial charge in [0.15, 0.2) is 0 Å². The van der Waals surface area contributed by atoms with E-state index in [0.717, 1.165) is 23.1 Å². The van der Waals surface area contributed by atoms with E-state index in [9.17, 15) is 4.79 Å². The number of carbonyl (C=O) groups is 1. The zero-order valence-corrected chi connectivity index (χ0v) is 15.0. The first kappa shape index (κ1) is 18.0. The second-order valence-corrected chi connectivity index (χ2v) is 6.06. The van der Waals surface area contributed by atoms with Crippen molar-refractivity contribution in [3.05, 3.63) is 58.4 Å². The molecule has 0 bridgehead atoms. The third-order valence-electron chi connectivity index (χ3n) is 3.88. The second-order valence-electron chi connectivity index (χ2n) is 5.68. The highest BCUT2D eigenvalue weighted by atomic mass is 35.5. The highest BCUT2D eigenvalue weighted by molar-refractivity contribution is 6.29. The maximum atomic E-state index is 10.6. The Labute approximate surface area is 155 Å². The van der Waals surface area contributed by atoms with Crippen molar-refractivity contribution in [1.29, 1.82) is 0 Å². The minimum absolute atomic E-state index is 0.0254. The minimum atomic E-state index is 0.0254. The van der Waals surface area contributed by atoms with Gasteiger partial charge in [-0.3, -0.25) is 4.68 Å². The number of nitrogens with two attached hydrogens (primary N) is 1. The van der Waals surface area contributed by atoms with Crippen LogP contribution in [0.1, 0.15) is 16.8 Å². The Morgan fingerprint density at radius 3 is 2.73 bits per heavy atom. The van der Waals surface area contributed by atoms with E-state index in [1.54, 1.807) is 10.7 Å². The molecule has 0 amide bonds. The summed E-state index contributed by atoms with van der Waals surface area (Å²) >= 11 is 6.03. The van der Waals surface area contributed by atoms with Crippen LogP contribution in [0, 0.1) is 0 Å². The molecule has 0 aliphatic rings. The molecule has 134 valence electrons. The average Bonchev–Trinajstić information content (AvgIpc) is 2.91. The summed E-state index contributed by atoms with van der Waals surface area (Å²) in [5.41, 5.74) is 9.87. The summed E-state index contributed by atoms with van der Waals surface area (Å²) in [4.78, 5) is 18.7. The number of hydrogen-bond donors (Lipinski definition) is 1. The van der Waals surface area contributed by atoms with Crippen molar-refractivity contribution in [2.75, 3.05) is 12.3 Å². The molecule has 8 heteroatoms. The Morgan fingerprint density at radius 1 is 1.27 bits per heavy atom. The molecule has 3 rings (SSSR count). The fraction of sp³-hybridized carbons (Fsp3) is 0.222. The predicted molar refractivity (Wildman–Crippen MR) is 98.6 cm³/mol. The van der Waals surface area contributed by atoms with Gasteiger partial charge in [0.05, 0.1) is 18.0 Å². The third-order valence-corrected chi connectivity index (χ3v) is 4.07. The summed E-state index contributed by atoms with van der Waals surface area (Å²) in [6.45, 7) is 0.288.